The summed E-state index contributed by atoms with van der Waals surface area (Å²) < 4.78 is 11.1. The molecule has 0 heterocycles. The van der Waals surface area contributed by atoms with Gasteiger partial charge in [0.25, 0.3) is 5.91 Å². The molecule has 0 spiro atoms. The van der Waals surface area contributed by atoms with Crippen LogP contribution in [0.3, 0.4) is 0 Å². The summed E-state index contributed by atoms with van der Waals surface area (Å²) in [6, 6.07) is 27.0. The summed E-state index contributed by atoms with van der Waals surface area (Å²) in [5.41, 5.74) is 4.25. The molecule has 1 N–H and O–H groups in total. The zero-order valence-electron chi connectivity index (χ0n) is 19.4. The fraction of sp³-hybridized carbons (Fsp3) is 0.138. The Hall–Kier alpha value is -4.45. The minimum absolute atomic E-state index is 0.318. The lowest BCUT2D eigenvalue weighted by atomic mass is 10.0. The number of rotatable bonds is 9. The third kappa shape index (κ3) is 6.32. The highest BCUT2D eigenvalue weighted by atomic mass is 16.5. The monoisotopic (exact) mass is 466 g/mol. The van der Waals surface area contributed by atoms with Gasteiger partial charge >= 0.3 is 5.97 Å². The fourth-order valence-corrected chi connectivity index (χ4v) is 3.45. The minimum Gasteiger partial charge on any atom is -0.494 e. The molecule has 176 valence electrons. The second kappa shape index (κ2) is 11.6. The van der Waals surface area contributed by atoms with Crippen LogP contribution in [0.25, 0.3) is 10.8 Å². The van der Waals surface area contributed by atoms with Crippen molar-refractivity contribution < 1.29 is 19.1 Å². The van der Waals surface area contributed by atoms with Gasteiger partial charge in [0.1, 0.15) is 11.5 Å². The van der Waals surface area contributed by atoms with Gasteiger partial charge in [-0.15, -0.1) is 0 Å². The molecule has 6 heteroatoms. The maximum Gasteiger partial charge on any atom is 0.344 e. The lowest BCUT2D eigenvalue weighted by molar-refractivity contribution is 0.0736. The molecule has 1 amide bonds. The van der Waals surface area contributed by atoms with E-state index in [-0.39, 0.29) is 5.91 Å². The van der Waals surface area contributed by atoms with E-state index in [2.05, 4.69) is 17.5 Å². The number of nitrogens with one attached hydrogen (secondary N) is 1. The first-order valence-corrected chi connectivity index (χ1v) is 11.5. The van der Waals surface area contributed by atoms with Crippen LogP contribution >= 0.6 is 0 Å². The molecule has 0 saturated heterocycles. The predicted molar refractivity (Wildman–Crippen MR) is 137 cm³/mol. The summed E-state index contributed by atoms with van der Waals surface area (Å²) in [5.74, 6) is 0.421. The van der Waals surface area contributed by atoms with Crippen molar-refractivity contribution in [2.24, 2.45) is 5.10 Å². The van der Waals surface area contributed by atoms with Crippen LogP contribution in [0.15, 0.2) is 96.1 Å². The van der Waals surface area contributed by atoms with E-state index in [1.54, 1.807) is 54.6 Å². The molecule has 0 aromatic heterocycles. The Kier molecular flexibility index (Phi) is 7.86. The maximum atomic E-state index is 12.7. The second-order valence-corrected chi connectivity index (χ2v) is 7.91. The molecule has 0 radical (unpaired) electrons. The molecular formula is C29H26N2O4. The SMILES string of the molecule is CCCCOc1ccc(C(=O)N/N=C\c2ccc(OC(=O)c3cccc4ccccc34)cc2)cc1. The van der Waals surface area contributed by atoms with E-state index in [4.69, 9.17) is 9.47 Å². The number of hydrogen-bond donors (Lipinski definition) is 1. The number of nitrogens with zero attached hydrogens (tertiary/aromatic N) is 1. The van der Waals surface area contributed by atoms with Gasteiger partial charge in [-0.1, -0.05) is 49.7 Å². The van der Waals surface area contributed by atoms with E-state index in [0.717, 1.165) is 34.9 Å². The number of fused-ring (bicyclic) bond motifs is 1. The fourth-order valence-electron chi connectivity index (χ4n) is 3.45. The molecule has 0 bridgehead atoms. The number of hydrogen-bond acceptors (Lipinski definition) is 5. The highest BCUT2D eigenvalue weighted by Gasteiger charge is 2.12. The number of esters is 1. The van der Waals surface area contributed by atoms with Gasteiger partial charge in [0.15, 0.2) is 0 Å². The minimum atomic E-state index is -0.419. The van der Waals surface area contributed by atoms with Crippen LogP contribution in [-0.4, -0.2) is 24.7 Å². The first kappa shape index (κ1) is 23.7. The molecule has 4 rings (SSSR count). The van der Waals surface area contributed by atoms with E-state index >= 15 is 0 Å². The maximum absolute atomic E-state index is 12.7. The Morgan fingerprint density at radius 3 is 2.34 bits per heavy atom. The Morgan fingerprint density at radius 1 is 0.857 bits per heavy atom. The number of unbranched alkanes of at least 4 members (excludes halogenated alkanes) is 1. The third-order valence-corrected chi connectivity index (χ3v) is 5.36. The first-order valence-electron chi connectivity index (χ1n) is 11.5. The van der Waals surface area contributed by atoms with Crippen LogP contribution in [0.4, 0.5) is 0 Å². The summed E-state index contributed by atoms with van der Waals surface area (Å²) in [6.07, 6.45) is 3.58. The Balaban J connectivity index is 1.31. The molecule has 0 fully saturated rings. The zero-order chi connectivity index (χ0) is 24.5. The summed E-state index contributed by atoms with van der Waals surface area (Å²) in [6.45, 7) is 2.77. The van der Waals surface area contributed by atoms with Gasteiger partial charge < -0.3 is 9.47 Å². The van der Waals surface area contributed by atoms with Crippen molar-refractivity contribution in [3.8, 4) is 11.5 Å². The van der Waals surface area contributed by atoms with Crippen LogP contribution in [0.1, 0.15) is 46.0 Å². The summed E-state index contributed by atoms with van der Waals surface area (Å²) in [4.78, 5) is 25.0. The lowest BCUT2D eigenvalue weighted by Gasteiger charge is -2.07. The van der Waals surface area contributed by atoms with Gasteiger partial charge in [0, 0.05) is 5.56 Å². The standard InChI is InChI=1S/C29H26N2O4/c1-2-3-19-34-24-17-13-23(14-18-24)28(32)31-30-20-21-11-15-25(16-12-21)35-29(33)27-10-6-8-22-7-4-5-9-26(22)27/h4-18,20H,2-3,19H2,1H3,(H,31,32)/b30-20-. The average molecular weight is 467 g/mol. The molecule has 0 saturated carbocycles. The number of benzene rings is 4. The van der Waals surface area contributed by atoms with Gasteiger partial charge in [-0.3, -0.25) is 4.79 Å². The Labute approximate surface area is 204 Å². The summed E-state index contributed by atoms with van der Waals surface area (Å²) >= 11 is 0. The van der Waals surface area contributed by atoms with E-state index < -0.39 is 5.97 Å². The van der Waals surface area contributed by atoms with Crippen molar-refractivity contribution in [3.05, 3.63) is 108 Å². The normalized spacial score (nSPS) is 10.9. The molecule has 0 aliphatic carbocycles. The van der Waals surface area contributed by atoms with Gasteiger partial charge in [0.2, 0.25) is 0 Å². The lowest BCUT2D eigenvalue weighted by Crippen LogP contribution is -2.17. The van der Waals surface area contributed by atoms with Crippen LogP contribution < -0.4 is 14.9 Å². The van der Waals surface area contributed by atoms with Crippen molar-refractivity contribution in [2.75, 3.05) is 6.61 Å². The van der Waals surface area contributed by atoms with Crippen molar-refractivity contribution in [1.82, 2.24) is 5.43 Å². The van der Waals surface area contributed by atoms with Crippen LogP contribution in [0, 0.1) is 0 Å². The van der Waals surface area contributed by atoms with Gasteiger partial charge in [-0.2, -0.15) is 5.10 Å². The molecular weight excluding hydrogens is 440 g/mol. The highest BCUT2D eigenvalue weighted by Crippen LogP contribution is 2.21. The molecule has 0 unspecified atom stereocenters. The first-order chi connectivity index (χ1) is 17.1. The third-order valence-electron chi connectivity index (χ3n) is 5.36. The van der Waals surface area contributed by atoms with Crippen LogP contribution in [0.2, 0.25) is 0 Å². The molecule has 6 nitrogen and oxygen atoms in total. The van der Waals surface area contributed by atoms with Crippen molar-refractivity contribution in [2.45, 2.75) is 19.8 Å². The van der Waals surface area contributed by atoms with Crippen molar-refractivity contribution in [1.29, 1.82) is 0 Å². The quantitative estimate of drug-likeness (QED) is 0.108. The summed E-state index contributed by atoms with van der Waals surface area (Å²) in [7, 11) is 0. The van der Waals surface area contributed by atoms with Gasteiger partial charge in [0.05, 0.1) is 18.4 Å². The Morgan fingerprint density at radius 2 is 1.57 bits per heavy atom. The van der Waals surface area contributed by atoms with E-state index in [1.807, 2.05) is 36.4 Å². The molecule has 0 atom stereocenters. The molecule has 35 heavy (non-hydrogen) atoms. The van der Waals surface area contributed by atoms with Crippen molar-refractivity contribution in [3.63, 3.8) is 0 Å². The van der Waals surface area contributed by atoms with Crippen LogP contribution in [-0.2, 0) is 0 Å². The van der Waals surface area contributed by atoms with E-state index in [1.165, 1.54) is 6.21 Å². The van der Waals surface area contributed by atoms with Crippen molar-refractivity contribution >= 4 is 28.9 Å². The number of carbonyl (C=O) groups is 2. The number of amides is 1. The topological polar surface area (TPSA) is 77.0 Å². The number of ether oxygens (including phenoxy) is 2. The second-order valence-electron chi connectivity index (χ2n) is 7.91. The van der Waals surface area contributed by atoms with E-state index in [0.29, 0.717) is 23.5 Å². The molecule has 0 aliphatic heterocycles. The average Bonchev–Trinajstić information content (AvgIpc) is 2.90. The van der Waals surface area contributed by atoms with Gasteiger partial charge in [-0.25, -0.2) is 10.2 Å². The predicted octanol–water partition coefficient (Wildman–Crippen LogP) is 6.00. The zero-order valence-corrected chi connectivity index (χ0v) is 19.4. The smallest absolute Gasteiger partial charge is 0.344 e. The van der Waals surface area contributed by atoms with Gasteiger partial charge in [-0.05, 0) is 77.4 Å². The number of carbonyl (C=O) groups excluding carboxylic acids is 2. The number of hydrazone groups is 1. The summed E-state index contributed by atoms with van der Waals surface area (Å²) in [5, 5.41) is 5.83. The molecule has 0 aliphatic rings. The molecule has 4 aromatic rings. The molecule has 4 aromatic carbocycles. The van der Waals surface area contributed by atoms with E-state index in [9.17, 15) is 9.59 Å². The Bertz CT molecular complexity index is 1320. The highest BCUT2D eigenvalue weighted by molar-refractivity contribution is 6.05. The largest absolute Gasteiger partial charge is 0.494 e. The van der Waals surface area contributed by atoms with Crippen LogP contribution in [0.5, 0.6) is 11.5 Å².